The van der Waals surface area contributed by atoms with E-state index in [-0.39, 0.29) is 23.6 Å². The summed E-state index contributed by atoms with van der Waals surface area (Å²) in [7, 11) is -3.61. The number of sulfonamides is 1. The molecule has 7 nitrogen and oxygen atoms in total. The first-order chi connectivity index (χ1) is 8.85. The summed E-state index contributed by atoms with van der Waals surface area (Å²) in [6.07, 6.45) is 0. The van der Waals surface area contributed by atoms with Gasteiger partial charge < -0.3 is 14.9 Å². The van der Waals surface area contributed by atoms with E-state index in [1.807, 2.05) is 0 Å². The Bertz CT molecular complexity index is 554. The summed E-state index contributed by atoms with van der Waals surface area (Å²) >= 11 is 0. The second kappa shape index (κ2) is 6.39. The third-order valence-corrected chi connectivity index (χ3v) is 3.45. The Morgan fingerprint density at radius 1 is 1.42 bits per heavy atom. The van der Waals surface area contributed by atoms with Gasteiger partial charge in [0, 0.05) is 12.3 Å². The van der Waals surface area contributed by atoms with E-state index < -0.39 is 21.7 Å². The van der Waals surface area contributed by atoms with E-state index in [0.29, 0.717) is 6.61 Å². The van der Waals surface area contributed by atoms with Crippen LogP contribution in [0.1, 0.15) is 17.3 Å². The van der Waals surface area contributed by atoms with Crippen molar-refractivity contribution in [3.63, 3.8) is 0 Å². The summed E-state index contributed by atoms with van der Waals surface area (Å²) in [5.74, 6) is -2.00. The molecule has 0 aliphatic rings. The second-order valence-electron chi connectivity index (χ2n) is 3.65. The molecule has 0 heterocycles. The molecule has 0 unspecified atom stereocenters. The van der Waals surface area contributed by atoms with Gasteiger partial charge in [-0.05, 0) is 25.1 Å². The molecule has 8 heteroatoms. The van der Waals surface area contributed by atoms with E-state index in [9.17, 15) is 18.3 Å². The highest BCUT2D eigenvalue weighted by Crippen LogP contribution is 2.22. The maximum atomic E-state index is 11.6. The fraction of sp³-hybridized carbons (Fsp3) is 0.364. The maximum Gasteiger partial charge on any atom is 0.339 e. The van der Waals surface area contributed by atoms with Crippen LogP contribution in [-0.4, -0.2) is 43.6 Å². The van der Waals surface area contributed by atoms with Gasteiger partial charge in [-0.1, -0.05) is 0 Å². The Balaban J connectivity index is 2.82. The lowest BCUT2D eigenvalue weighted by Gasteiger charge is -2.09. The fourth-order valence-electron chi connectivity index (χ4n) is 1.31. The Kier molecular flexibility index (Phi) is 5.13. The summed E-state index contributed by atoms with van der Waals surface area (Å²) in [5.41, 5.74) is -0.295. The predicted molar refractivity (Wildman–Crippen MR) is 69.0 cm³/mol. The zero-order chi connectivity index (χ0) is 14.5. The summed E-state index contributed by atoms with van der Waals surface area (Å²) < 4.78 is 30.4. The summed E-state index contributed by atoms with van der Waals surface area (Å²) in [5, 5.41) is 18.1. The van der Waals surface area contributed by atoms with Gasteiger partial charge in [-0.15, -0.1) is 0 Å². The van der Waals surface area contributed by atoms with Crippen LogP contribution in [0.25, 0.3) is 0 Å². The van der Waals surface area contributed by atoms with Crippen LogP contribution in [0.5, 0.6) is 5.75 Å². The monoisotopic (exact) mass is 289 g/mol. The van der Waals surface area contributed by atoms with Crippen LogP contribution < -0.4 is 4.72 Å². The SMILES string of the molecule is CCOCCS(=O)(=O)Nc1ccc(O)c(C(=O)O)c1. The van der Waals surface area contributed by atoms with Gasteiger partial charge in [0.15, 0.2) is 0 Å². The van der Waals surface area contributed by atoms with Crippen molar-refractivity contribution in [2.45, 2.75) is 6.92 Å². The summed E-state index contributed by atoms with van der Waals surface area (Å²) in [6, 6.07) is 3.44. The predicted octanol–water partition coefficient (Wildman–Crippen LogP) is 0.869. The second-order valence-corrected chi connectivity index (χ2v) is 5.50. The van der Waals surface area contributed by atoms with Gasteiger partial charge in [-0.2, -0.15) is 0 Å². The van der Waals surface area contributed by atoms with Crippen molar-refractivity contribution in [2.24, 2.45) is 0 Å². The van der Waals surface area contributed by atoms with Crippen LogP contribution in [0.4, 0.5) is 5.69 Å². The fourth-order valence-corrected chi connectivity index (χ4v) is 2.24. The lowest BCUT2D eigenvalue weighted by Crippen LogP contribution is -2.20. The number of benzene rings is 1. The van der Waals surface area contributed by atoms with Crippen molar-refractivity contribution < 1.29 is 28.2 Å². The molecular weight excluding hydrogens is 274 g/mol. The molecule has 0 aliphatic carbocycles. The summed E-state index contributed by atoms with van der Waals surface area (Å²) in [6.45, 7) is 2.22. The number of carboxylic acid groups (broad SMARTS) is 1. The van der Waals surface area contributed by atoms with Gasteiger partial charge in [0.25, 0.3) is 0 Å². The van der Waals surface area contributed by atoms with Crippen molar-refractivity contribution >= 4 is 21.7 Å². The number of nitrogens with one attached hydrogen (secondary N) is 1. The van der Waals surface area contributed by atoms with E-state index in [1.54, 1.807) is 6.92 Å². The first-order valence-electron chi connectivity index (χ1n) is 5.50. The summed E-state index contributed by atoms with van der Waals surface area (Å²) in [4.78, 5) is 10.8. The standard InChI is InChI=1S/C11H15NO6S/c1-2-18-5-6-19(16,17)12-8-3-4-10(13)9(7-8)11(14)15/h3-4,7,12-13H,2,5-6H2,1H3,(H,14,15). The van der Waals surface area contributed by atoms with E-state index >= 15 is 0 Å². The molecule has 0 saturated carbocycles. The average Bonchev–Trinajstić information content (AvgIpc) is 2.31. The van der Waals surface area contributed by atoms with Crippen LogP contribution in [-0.2, 0) is 14.8 Å². The number of aromatic hydroxyl groups is 1. The maximum absolute atomic E-state index is 11.6. The molecule has 0 bridgehead atoms. The van der Waals surface area contributed by atoms with Crippen LogP contribution in [0.15, 0.2) is 18.2 Å². The largest absolute Gasteiger partial charge is 0.507 e. The van der Waals surface area contributed by atoms with E-state index in [0.717, 1.165) is 12.1 Å². The Morgan fingerprint density at radius 2 is 2.11 bits per heavy atom. The quantitative estimate of drug-likeness (QED) is 0.507. The van der Waals surface area contributed by atoms with Crippen LogP contribution in [0.3, 0.4) is 0 Å². The lowest BCUT2D eigenvalue weighted by atomic mass is 10.2. The molecule has 3 N–H and O–H groups in total. The first-order valence-corrected chi connectivity index (χ1v) is 7.15. The minimum absolute atomic E-state index is 0.0513. The molecule has 19 heavy (non-hydrogen) atoms. The van der Waals surface area contributed by atoms with Gasteiger partial charge in [0.1, 0.15) is 11.3 Å². The Hall–Kier alpha value is -1.80. The smallest absolute Gasteiger partial charge is 0.339 e. The van der Waals surface area contributed by atoms with Crippen LogP contribution >= 0.6 is 0 Å². The Labute approximate surface area is 110 Å². The van der Waals surface area contributed by atoms with Crippen LogP contribution in [0.2, 0.25) is 0 Å². The molecule has 0 radical (unpaired) electrons. The van der Waals surface area contributed by atoms with Crippen molar-refractivity contribution in [2.75, 3.05) is 23.7 Å². The molecule has 0 spiro atoms. The number of hydrogen-bond acceptors (Lipinski definition) is 5. The average molecular weight is 289 g/mol. The third kappa shape index (κ3) is 4.76. The molecule has 1 aromatic rings. The number of rotatable bonds is 7. The number of ether oxygens (including phenoxy) is 1. The van der Waals surface area contributed by atoms with E-state index in [1.165, 1.54) is 6.07 Å². The molecule has 1 rings (SSSR count). The molecule has 106 valence electrons. The number of aromatic carboxylic acids is 1. The highest BCUT2D eigenvalue weighted by molar-refractivity contribution is 7.92. The topological polar surface area (TPSA) is 113 Å². The number of hydrogen-bond donors (Lipinski definition) is 3. The minimum atomic E-state index is -3.61. The highest BCUT2D eigenvalue weighted by Gasteiger charge is 2.14. The number of carbonyl (C=O) groups is 1. The molecule has 0 atom stereocenters. The molecule has 0 fully saturated rings. The zero-order valence-corrected chi connectivity index (χ0v) is 11.1. The van der Waals surface area contributed by atoms with E-state index in [4.69, 9.17) is 9.84 Å². The minimum Gasteiger partial charge on any atom is -0.507 e. The lowest BCUT2D eigenvalue weighted by molar-refractivity contribution is 0.0693. The molecule has 1 aromatic carbocycles. The number of anilines is 1. The van der Waals surface area contributed by atoms with Crippen molar-refractivity contribution in [1.82, 2.24) is 0 Å². The number of phenols is 1. The van der Waals surface area contributed by atoms with Crippen molar-refractivity contribution in [3.8, 4) is 5.75 Å². The van der Waals surface area contributed by atoms with Gasteiger partial charge >= 0.3 is 5.97 Å². The molecular formula is C11H15NO6S. The van der Waals surface area contributed by atoms with Gasteiger partial charge in [-0.3, -0.25) is 4.72 Å². The normalized spacial score (nSPS) is 11.2. The molecule has 0 aliphatic heterocycles. The van der Waals surface area contributed by atoms with Gasteiger partial charge in [-0.25, -0.2) is 13.2 Å². The molecule has 0 amide bonds. The van der Waals surface area contributed by atoms with Crippen molar-refractivity contribution in [3.05, 3.63) is 23.8 Å². The molecule has 0 aromatic heterocycles. The van der Waals surface area contributed by atoms with Crippen LogP contribution in [0, 0.1) is 0 Å². The van der Waals surface area contributed by atoms with Crippen molar-refractivity contribution in [1.29, 1.82) is 0 Å². The zero-order valence-electron chi connectivity index (χ0n) is 10.3. The number of carboxylic acids is 1. The van der Waals surface area contributed by atoms with E-state index in [2.05, 4.69) is 4.72 Å². The van der Waals surface area contributed by atoms with Gasteiger partial charge in [0.05, 0.1) is 12.4 Å². The van der Waals surface area contributed by atoms with Gasteiger partial charge in [0.2, 0.25) is 10.0 Å². The first kappa shape index (κ1) is 15.3. The third-order valence-electron chi connectivity index (χ3n) is 2.20. The highest BCUT2D eigenvalue weighted by atomic mass is 32.2. The Morgan fingerprint density at radius 3 is 2.68 bits per heavy atom. The molecule has 0 saturated heterocycles.